The van der Waals surface area contributed by atoms with Gasteiger partial charge < -0.3 is 14.8 Å². The van der Waals surface area contributed by atoms with Crippen molar-refractivity contribution < 1.29 is 23.9 Å². The van der Waals surface area contributed by atoms with Crippen LogP contribution < -0.4 is 5.32 Å². The number of rotatable bonds is 7. The van der Waals surface area contributed by atoms with Gasteiger partial charge in [-0.15, -0.1) is 0 Å². The molecule has 0 aromatic heterocycles. The molecule has 0 unspecified atom stereocenters. The molecule has 0 spiro atoms. The number of benzene rings is 1. The van der Waals surface area contributed by atoms with Crippen molar-refractivity contribution in [3.8, 4) is 0 Å². The number of ether oxygens (including phenoxy) is 2. The van der Waals surface area contributed by atoms with E-state index in [4.69, 9.17) is 21.1 Å². The predicted octanol–water partition coefficient (Wildman–Crippen LogP) is 4.25. The van der Waals surface area contributed by atoms with Crippen LogP contribution in [0.4, 0.5) is 0 Å². The second-order valence-electron chi connectivity index (χ2n) is 7.92. The Labute approximate surface area is 197 Å². The molecule has 1 aliphatic carbocycles. The van der Waals surface area contributed by atoms with Gasteiger partial charge in [-0.3, -0.25) is 9.59 Å². The molecule has 3 atom stereocenters. The van der Waals surface area contributed by atoms with Crippen LogP contribution in [0.2, 0.25) is 5.02 Å². The number of esters is 2. The molecule has 8 heteroatoms. The predicted molar refractivity (Wildman–Crippen MR) is 125 cm³/mol. The van der Waals surface area contributed by atoms with Gasteiger partial charge in [0.05, 0.1) is 12.7 Å². The van der Waals surface area contributed by atoms with Crippen LogP contribution in [0.25, 0.3) is 0 Å². The highest BCUT2D eigenvalue weighted by Gasteiger charge is 2.47. The highest BCUT2D eigenvalue weighted by atomic mass is 35.5. The van der Waals surface area contributed by atoms with Gasteiger partial charge in [0, 0.05) is 33.7 Å². The van der Waals surface area contributed by atoms with Gasteiger partial charge in [-0.25, -0.2) is 4.79 Å². The van der Waals surface area contributed by atoms with E-state index in [0.29, 0.717) is 34.0 Å². The zero-order valence-corrected chi connectivity index (χ0v) is 20.3. The minimum Gasteiger partial charge on any atom is -0.468 e. The largest absolute Gasteiger partial charge is 0.468 e. The molecule has 0 amide bonds. The number of carbonyl (C=O) groups is 3. The van der Waals surface area contributed by atoms with E-state index in [1.165, 1.54) is 7.11 Å². The van der Waals surface area contributed by atoms with Crippen molar-refractivity contribution in [2.75, 3.05) is 25.2 Å². The van der Waals surface area contributed by atoms with Crippen LogP contribution in [-0.2, 0) is 23.9 Å². The van der Waals surface area contributed by atoms with Gasteiger partial charge >= 0.3 is 11.9 Å². The first-order valence-electron chi connectivity index (χ1n) is 10.6. The van der Waals surface area contributed by atoms with E-state index in [-0.39, 0.29) is 18.3 Å². The Morgan fingerprint density at radius 3 is 2.56 bits per heavy atom. The average molecular weight is 478 g/mol. The number of allylic oxidation sites excluding steroid dienone is 3. The number of ketones is 1. The fourth-order valence-electron chi connectivity index (χ4n) is 4.36. The van der Waals surface area contributed by atoms with Crippen molar-refractivity contribution in [2.45, 2.75) is 33.1 Å². The molecule has 3 rings (SSSR count). The van der Waals surface area contributed by atoms with Crippen molar-refractivity contribution in [1.82, 2.24) is 5.32 Å². The molecule has 32 heavy (non-hydrogen) atoms. The number of carbonyl (C=O) groups excluding carboxylic acids is 3. The van der Waals surface area contributed by atoms with E-state index in [0.717, 1.165) is 17.0 Å². The summed E-state index contributed by atoms with van der Waals surface area (Å²) in [6, 6.07) is 7.05. The number of methoxy groups -OCH3 is 1. The molecule has 1 aromatic carbocycles. The standard InChI is InChI=1S/C24H28ClNO5S/c1-5-32-11-10-31-24(29)19-14(3)26-17-12-13(2)18(23(28)30-4)22(27)21(17)20(19)15-6-8-16(25)9-7-15/h6-9,13,18,20,26H,5,10-12H2,1-4H3/t13-,18+,20+/m0/s1. The molecule has 0 saturated carbocycles. The molecule has 2 aliphatic rings. The molecule has 0 fully saturated rings. The van der Waals surface area contributed by atoms with E-state index in [2.05, 4.69) is 5.32 Å². The highest BCUT2D eigenvalue weighted by Crippen LogP contribution is 2.45. The van der Waals surface area contributed by atoms with Gasteiger partial charge in [0.15, 0.2) is 5.78 Å². The summed E-state index contributed by atoms with van der Waals surface area (Å²) in [5.74, 6) is -1.50. The zero-order chi connectivity index (χ0) is 23.4. The molecular formula is C24H28ClNO5S. The van der Waals surface area contributed by atoms with Gasteiger partial charge in [0.25, 0.3) is 0 Å². The Hall–Kier alpha value is -2.25. The van der Waals surface area contributed by atoms with E-state index < -0.39 is 23.8 Å². The molecule has 1 aliphatic heterocycles. The van der Waals surface area contributed by atoms with Crippen molar-refractivity contribution >= 4 is 41.1 Å². The average Bonchev–Trinajstić information content (AvgIpc) is 2.76. The third-order valence-electron chi connectivity index (χ3n) is 5.83. The first-order chi connectivity index (χ1) is 15.3. The first kappa shape index (κ1) is 24.4. The third-order valence-corrected chi connectivity index (χ3v) is 6.95. The van der Waals surface area contributed by atoms with E-state index >= 15 is 0 Å². The van der Waals surface area contributed by atoms with E-state index in [1.54, 1.807) is 36.0 Å². The molecule has 6 nitrogen and oxygen atoms in total. The van der Waals surface area contributed by atoms with Gasteiger partial charge in [0.1, 0.15) is 12.5 Å². The summed E-state index contributed by atoms with van der Waals surface area (Å²) in [4.78, 5) is 39.2. The Balaban J connectivity index is 2.06. The maximum absolute atomic E-state index is 13.6. The zero-order valence-electron chi connectivity index (χ0n) is 18.7. The highest BCUT2D eigenvalue weighted by molar-refractivity contribution is 7.99. The third kappa shape index (κ3) is 4.89. The number of halogens is 1. The number of nitrogens with one attached hydrogen (secondary N) is 1. The summed E-state index contributed by atoms with van der Waals surface area (Å²) in [5, 5.41) is 3.80. The summed E-state index contributed by atoms with van der Waals surface area (Å²) in [6.45, 7) is 5.99. The second kappa shape index (κ2) is 10.6. The second-order valence-corrected chi connectivity index (χ2v) is 9.75. The summed E-state index contributed by atoms with van der Waals surface area (Å²) < 4.78 is 10.5. The number of Topliss-reactive ketones (excluding diaryl/α,β-unsaturated/α-hetero) is 1. The quantitative estimate of drug-likeness (QED) is 0.357. The molecule has 0 bridgehead atoms. The lowest BCUT2D eigenvalue weighted by atomic mass is 9.69. The maximum atomic E-state index is 13.6. The lowest BCUT2D eigenvalue weighted by Gasteiger charge is -2.38. The van der Waals surface area contributed by atoms with Crippen LogP contribution in [-0.4, -0.2) is 42.9 Å². The number of dihydropyridines is 1. The smallest absolute Gasteiger partial charge is 0.336 e. The molecule has 1 aromatic rings. The SMILES string of the molecule is CCSCCOC(=O)C1=C(C)NC2=C(C(=O)[C@H](C(=O)OC)[C@@H](C)C2)[C@@H]1c1ccc(Cl)cc1. The molecule has 1 N–H and O–H groups in total. The number of thioether (sulfide) groups is 1. The fraction of sp³-hybridized carbons (Fsp3) is 0.458. The minimum absolute atomic E-state index is 0.223. The first-order valence-corrected chi connectivity index (χ1v) is 12.2. The van der Waals surface area contributed by atoms with Crippen molar-refractivity contribution in [1.29, 1.82) is 0 Å². The van der Waals surface area contributed by atoms with Crippen LogP contribution in [0.1, 0.15) is 38.7 Å². The Morgan fingerprint density at radius 1 is 1.25 bits per heavy atom. The summed E-state index contributed by atoms with van der Waals surface area (Å²) in [5.41, 5.74) is 2.91. The van der Waals surface area contributed by atoms with Gasteiger partial charge in [-0.2, -0.15) is 11.8 Å². The molecular weight excluding hydrogens is 450 g/mol. The summed E-state index contributed by atoms with van der Waals surface area (Å²) in [7, 11) is 1.28. The topological polar surface area (TPSA) is 81.7 Å². The van der Waals surface area contributed by atoms with E-state index in [1.807, 2.05) is 20.8 Å². The Bertz CT molecular complexity index is 969. The van der Waals surface area contributed by atoms with Gasteiger partial charge in [-0.1, -0.05) is 37.6 Å². The minimum atomic E-state index is -0.910. The van der Waals surface area contributed by atoms with Crippen molar-refractivity contribution in [2.24, 2.45) is 11.8 Å². The normalized spacial score (nSPS) is 22.9. The van der Waals surface area contributed by atoms with Crippen LogP contribution in [0.15, 0.2) is 46.8 Å². The van der Waals surface area contributed by atoms with Crippen LogP contribution in [0.3, 0.4) is 0 Å². The Kier molecular flexibility index (Phi) is 8.06. The number of hydrogen-bond acceptors (Lipinski definition) is 7. The number of hydrogen-bond donors (Lipinski definition) is 1. The van der Waals surface area contributed by atoms with Gasteiger partial charge in [0.2, 0.25) is 0 Å². The van der Waals surface area contributed by atoms with Crippen molar-refractivity contribution in [3.63, 3.8) is 0 Å². The summed E-state index contributed by atoms with van der Waals surface area (Å²) >= 11 is 7.77. The van der Waals surface area contributed by atoms with Crippen LogP contribution >= 0.6 is 23.4 Å². The molecule has 172 valence electrons. The molecule has 0 radical (unpaired) electrons. The van der Waals surface area contributed by atoms with Gasteiger partial charge in [-0.05, 0) is 42.7 Å². The van der Waals surface area contributed by atoms with Crippen molar-refractivity contribution in [3.05, 3.63) is 57.4 Å². The lowest BCUT2D eigenvalue weighted by Crippen LogP contribution is -2.43. The van der Waals surface area contributed by atoms with E-state index in [9.17, 15) is 14.4 Å². The maximum Gasteiger partial charge on any atom is 0.336 e. The Morgan fingerprint density at radius 2 is 1.94 bits per heavy atom. The van der Waals surface area contributed by atoms with Crippen LogP contribution in [0.5, 0.6) is 0 Å². The molecule has 0 saturated heterocycles. The fourth-order valence-corrected chi connectivity index (χ4v) is 4.97. The lowest BCUT2D eigenvalue weighted by molar-refractivity contribution is -0.151. The van der Waals surface area contributed by atoms with Crippen LogP contribution in [0, 0.1) is 11.8 Å². The summed E-state index contributed by atoms with van der Waals surface area (Å²) in [6.07, 6.45) is 0.498. The monoisotopic (exact) mass is 477 g/mol. The molecule has 1 heterocycles.